The van der Waals surface area contributed by atoms with Crippen LogP contribution < -0.4 is 5.32 Å². The van der Waals surface area contributed by atoms with E-state index in [0.29, 0.717) is 0 Å². The van der Waals surface area contributed by atoms with Gasteiger partial charge in [-0.25, -0.2) is 0 Å². The van der Waals surface area contributed by atoms with Crippen molar-refractivity contribution in [3.8, 4) is 0 Å². The van der Waals surface area contributed by atoms with E-state index in [1.54, 1.807) is 0 Å². The number of nitrogens with one attached hydrogen (secondary N) is 1. The van der Waals surface area contributed by atoms with E-state index in [1.165, 1.54) is 0 Å². The second-order valence-electron chi connectivity index (χ2n) is 5.81. The third-order valence-electron chi connectivity index (χ3n) is 4.48. The van der Waals surface area contributed by atoms with Crippen molar-refractivity contribution < 1.29 is 9.90 Å². The van der Waals surface area contributed by atoms with E-state index in [4.69, 9.17) is 0 Å². The highest BCUT2D eigenvalue weighted by Crippen LogP contribution is 2.11. The third-order valence-corrected chi connectivity index (χ3v) is 4.48. The quantitative estimate of drug-likeness (QED) is 0.722. The van der Waals surface area contributed by atoms with Gasteiger partial charge in [0.05, 0.1) is 12.6 Å². The van der Waals surface area contributed by atoms with Gasteiger partial charge in [0, 0.05) is 38.3 Å². The van der Waals surface area contributed by atoms with Crippen molar-refractivity contribution in [1.82, 2.24) is 15.1 Å². The van der Waals surface area contributed by atoms with E-state index >= 15 is 0 Å². The van der Waals surface area contributed by atoms with Crippen LogP contribution in [-0.4, -0.2) is 71.7 Å². The highest BCUT2D eigenvalue weighted by molar-refractivity contribution is 5.81. The second-order valence-corrected chi connectivity index (χ2v) is 5.81. The normalized spacial score (nSPS) is 22.2. The molecule has 3 unspecified atom stereocenters. The van der Waals surface area contributed by atoms with E-state index in [-0.39, 0.29) is 30.6 Å². The number of amides is 1. The van der Waals surface area contributed by atoms with Crippen LogP contribution in [0.2, 0.25) is 0 Å². The second kappa shape index (κ2) is 8.60. The summed E-state index contributed by atoms with van der Waals surface area (Å²) in [5.74, 6) is 0.127. The van der Waals surface area contributed by atoms with Gasteiger partial charge in [-0.2, -0.15) is 0 Å². The molecule has 5 nitrogen and oxygen atoms in total. The molecule has 1 fully saturated rings. The van der Waals surface area contributed by atoms with E-state index in [0.717, 1.165) is 39.0 Å². The molecule has 3 atom stereocenters. The average Bonchev–Trinajstić information content (AvgIpc) is 2.48. The minimum absolute atomic E-state index is 0.0691. The molecule has 0 saturated carbocycles. The fraction of sp³-hybridized carbons (Fsp3) is 0.933. The lowest BCUT2D eigenvalue weighted by Crippen LogP contribution is -2.56. The minimum Gasteiger partial charge on any atom is -0.395 e. The van der Waals surface area contributed by atoms with E-state index in [9.17, 15) is 9.90 Å². The number of nitrogens with zero attached hydrogens (tertiary/aromatic N) is 2. The Bertz CT molecular complexity index is 287. The number of carbonyl (C=O) groups is 1. The van der Waals surface area contributed by atoms with E-state index in [1.807, 2.05) is 13.8 Å². The van der Waals surface area contributed by atoms with Gasteiger partial charge in [0.25, 0.3) is 0 Å². The fourth-order valence-corrected chi connectivity index (χ4v) is 2.62. The lowest BCUT2D eigenvalue weighted by atomic mass is 10.1. The average molecular weight is 285 g/mol. The molecule has 0 bridgehead atoms. The van der Waals surface area contributed by atoms with Gasteiger partial charge in [-0.15, -0.1) is 0 Å². The van der Waals surface area contributed by atoms with Crippen molar-refractivity contribution in [3.63, 3.8) is 0 Å². The molecule has 5 heteroatoms. The Kier molecular flexibility index (Phi) is 7.48. The zero-order valence-corrected chi connectivity index (χ0v) is 13.4. The van der Waals surface area contributed by atoms with Gasteiger partial charge in [0.1, 0.15) is 0 Å². The summed E-state index contributed by atoms with van der Waals surface area (Å²) in [5.41, 5.74) is 0. The summed E-state index contributed by atoms with van der Waals surface area (Å²) in [6, 6.07) is 0.437. The van der Waals surface area contributed by atoms with Gasteiger partial charge in [0.2, 0.25) is 5.91 Å². The van der Waals surface area contributed by atoms with E-state index in [2.05, 4.69) is 29.0 Å². The fourth-order valence-electron chi connectivity index (χ4n) is 2.62. The molecule has 1 amide bonds. The molecule has 1 heterocycles. The molecule has 0 spiro atoms. The van der Waals surface area contributed by atoms with Crippen LogP contribution in [0.15, 0.2) is 0 Å². The summed E-state index contributed by atoms with van der Waals surface area (Å²) in [6.07, 6.45) is 1.93. The zero-order valence-electron chi connectivity index (χ0n) is 13.4. The number of hydrogen-bond donors (Lipinski definition) is 2. The first kappa shape index (κ1) is 17.4. The lowest BCUT2D eigenvalue weighted by molar-refractivity contribution is -0.127. The lowest BCUT2D eigenvalue weighted by Gasteiger charge is -2.40. The number of hydrogen-bond acceptors (Lipinski definition) is 4. The highest BCUT2D eigenvalue weighted by Gasteiger charge is 2.28. The van der Waals surface area contributed by atoms with Crippen LogP contribution in [0, 0.1) is 0 Å². The maximum Gasteiger partial charge on any atom is 0.237 e. The summed E-state index contributed by atoms with van der Waals surface area (Å²) >= 11 is 0. The van der Waals surface area contributed by atoms with Crippen molar-refractivity contribution in [2.45, 2.75) is 58.7 Å². The largest absolute Gasteiger partial charge is 0.395 e. The molecule has 20 heavy (non-hydrogen) atoms. The first-order chi connectivity index (χ1) is 9.53. The Morgan fingerprint density at radius 2 is 1.65 bits per heavy atom. The Hall–Kier alpha value is -0.650. The Balaban J connectivity index is 2.42. The summed E-state index contributed by atoms with van der Waals surface area (Å²) in [5, 5.41) is 12.4. The zero-order chi connectivity index (χ0) is 15.1. The van der Waals surface area contributed by atoms with Crippen LogP contribution in [0.1, 0.15) is 40.5 Å². The summed E-state index contributed by atoms with van der Waals surface area (Å²) in [6.45, 7) is 12.1. The van der Waals surface area contributed by atoms with Gasteiger partial charge in [-0.1, -0.05) is 13.8 Å². The van der Waals surface area contributed by atoms with Crippen molar-refractivity contribution >= 4 is 5.91 Å². The Labute approximate surface area is 123 Å². The molecule has 0 aromatic heterocycles. The van der Waals surface area contributed by atoms with Crippen molar-refractivity contribution in [2.75, 3.05) is 32.8 Å². The first-order valence-electron chi connectivity index (χ1n) is 7.92. The highest BCUT2D eigenvalue weighted by atomic mass is 16.3. The molecule has 0 aromatic rings. The van der Waals surface area contributed by atoms with Gasteiger partial charge in [-0.05, 0) is 26.7 Å². The van der Waals surface area contributed by atoms with Crippen LogP contribution in [0.3, 0.4) is 0 Å². The van der Waals surface area contributed by atoms with Crippen LogP contribution in [0.4, 0.5) is 0 Å². The summed E-state index contributed by atoms with van der Waals surface area (Å²) in [7, 11) is 0. The number of aliphatic hydroxyl groups excluding tert-OH is 1. The maximum absolute atomic E-state index is 12.1. The summed E-state index contributed by atoms with van der Waals surface area (Å²) < 4.78 is 0. The molecule has 1 saturated heterocycles. The number of aliphatic hydroxyl groups is 1. The van der Waals surface area contributed by atoms with Crippen LogP contribution in [0.5, 0.6) is 0 Å². The Morgan fingerprint density at radius 3 is 2.10 bits per heavy atom. The standard InChI is InChI=1S/C15H31N3O2/c1-5-12(3)16-15(20)13(4)17-7-9-18(10-8-17)14(6-2)11-19/h12-14,19H,5-11H2,1-4H3,(H,16,20). The molecule has 1 aliphatic rings. The molecule has 1 aliphatic heterocycles. The predicted molar refractivity (Wildman–Crippen MR) is 81.7 cm³/mol. The van der Waals surface area contributed by atoms with Crippen LogP contribution in [-0.2, 0) is 4.79 Å². The van der Waals surface area contributed by atoms with Gasteiger partial charge in [0.15, 0.2) is 0 Å². The molecular formula is C15H31N3O2. The van der Waals surface area contributed by atoms with Crippen molar-refractivity contribution in [3.05, 3.63) is 0 Å². The topological polar surface area (TPSA) is 55.8 Å². The first-order valence-corrected chi connectivity index (χ1v) is 7.92. The number of rotatable bonds is 7. The SMILES string of the molecule is CCC(C)NC(=O)C(C)N1CCN(C(CC)CO)CC1. The molecule has 118 valence electrons. The molecule has 0 radical (unpaired) electrons. The van der Waals surface area contributed by atoms with Crippen LogP contribution in [0.25, 0.3) is 0 Å². The van der Waals surface area contributed by atoms with Crippen molar-refractivity contribution in [2.24, 2.45) is 0 Å². The maximum atomic E-state index is 12.1. The predicted octanol–water partition coefficient (Wildman–Crippen LogP) is 0.678. The number of piperazine rings is 1. The van der Waals surface area contributed by atoms with Gasteiger partial charge >= 0.3 is 0 Å². The van der Waals surface area contributed by atoms with Gasteiger partial charge in [-0.3, -0.25) is 14.6 Å². The Morgan fingerprint density at radius 1 is 1.10 bits per heavy atom. The molecule has 2 N–H and O–H groups in total. The summed E-state index contributed by atoms with van der Waals surface area (Å²) in [4.78, 5) is 16.7. The van der Waals surface area contributed by atoms with Crippen molar-refractivity contribution in [1.29, 1.82) is 0 Å². The number of carbonyl (C=O) groups excluding carboxylic acids is 1. The monoisotopic (exact) mass is 285 g/mol. The van der Waals surface area contributed by atoms with E-state index < -0.39 is 0 Å². The molecular weight excluding hydrogens is 254 g/mol. The van der Waals surface area contributed by atoms with Gasteiger partial charge < -0.3 is 10.4 Å². The minimum atomic E-state index is -0.0691. The molecule has 1 rings (SSSR count). The molecule has 0 aromatic carbocycles. The van der Waals surface area contributed by atoms with Crippen LogP contribution >= 0.6 is 0 Å². The molecule has 0 aliphatic carbocycles. The third kappa shape index (κ3) is 4.72. The smallest absolute Gasteiger partial charge is 0.237 e.